The van der Waals surface area contributed by atoms with Gasteiger partial charge >= 0.3 is 19.6 Å². The molecule has 1 aliphatic rings. The molecule has 3 heterocycles. The van der Waals surface area contributed by atoms with E-state index in [1.165, 1.54) is 17.8 Å². The highest BCUT2D eigenvalue weighted by atomic mass is 31.2. The van der Waals surface area contributed by atoms with E-state index < -0.39 is 79.1 Å². The number of hydrogen-bond donors (Lipinski definition) is 6. The number of fused-ring (bicyclic) bond motifs is 1. The molecule has 2 aromatic rings. The number of carbonyl (C=O) groups is 2. The monoisotopic (exact) mass is 691 g/mol. The van der Waals surface area contributed by atoms with Crippen LogP contribution in [0.3, 0.4) is 0 Å². The number of anilines is 1. The van der Waals surface area contributed by atoms with E-state index in [1.54, 1.807) is 41.5 Å². The number of hydrogen-bond acceptors (Lipinski definition) is 15. The molecule has 20 heteroatoms. The Bertz CT molecular complexity index is 1470. The van der Waals surface area contributed by atoms with Gasteiger partial charge in [-0.05, 0) is 48.5 Å². The summed E-state index contributed by atoms with van der Waals surface area (Å²) in [6.45, 7) is 10.5. The Labute approximate surface area is 271 Å². The van der Waals surface area contributed by atoms with E-state index in [9.17, 15) is 29.2 Å². The highest BCUT2D eigenvalue weighted by molar-refractivity contribution is 7.54. The molecule has 0 bridgehead atoms. The molecule has 3 unspecified atom stereocenters. The van der Waals surface area contributed by atoms with Crippen molar-refractivity contribution in [3.8, 4) is 0 Å². The lowest BCUT2D eigenvalue weighted by molar-refractivity contribution is -0.146. The molecule has 47 heavy (non-hydrogen) atoms. The van der Waals surface area contributed by atoms with Crippen LogP contribution in [0, 0.1) is 0 Å². The maximum absolute atomic E-state index is 14.5. The first-order valence-corrected chi connectivity index (χ1v) is 16.2. The number of H-pyrrole nitrogens is 1. The number of aliphatic hydroxyl groups excluding tert-OH is 1. The minimum absolute atomic E-state index is 0.0289. The number of nitrogens with zero attached hydrogens (tertiary/aromatic N) is 3. The van der Waals surface area contributed by atoms with Crippen molar-refractivity contribution in [3.63, 3.8) is 0 Å². The van der Waals surface area contributed by atoms with E-state index in [0.29, 0.717) is 0 Å². The van der Waals surface area contributed by atoms with Gasteiger partial charge in [0.2, 0.25) is 5.95 Å². The van der Waals surface area contributed by atoms with Crippen molar-refractivity contribution in [2.45, 2.75) is 95.8 Å². The van der Waals surface area contributed by atoms with E-state index in [-0.39, 0.29) is 30.3 Å². The van der Waals surface area contributed by atoms with Crippen LogP contribution in [0.5, 0.6) is 0 Å². The normalized spacial score (nSPS) is 24.5. The van der Waals surface area contributed by atoms with Gasteiger partial charge in [0.25, 0.3) is 5.56 Å². The molecule has 266 valence electrons. The maximum atomic E-state index is 14.5. The van der Waals surface area contributed by atoms with E-state index in [1.807, 2.05) is 0 Å². The van der Waals surface area contributed by atoms with E-state index in [0.717, 1.165) is 14.2 Å². The zero-order valence-electron chi connectivity index (χ0n) is 27.9. The van der Waals surface area contributed by atoms with Crippen LogP contribution in [0.4, 0.5) is 5.95 Å². The minimum Gasteiger partial charge on any atom is -0.468 e. The number of esters is 2. The average Bonchev–Trinajstić information content (AvgIpc) is 3.48. The summed E-state index contributed by atoms with van der Waals surface area (Å²) >= 11 is 0. The molecule has 19 nitrogen and oxygen atoms in total. The summed E-state index contributed by atoms with van der Waals surface area (Å²) in [7, 11) is -2.25. The molecule has 6 atom stereocenters. The fraction of sp³-hybridized carbons (Fsp3) is 0.741. The fourth-order valence-electron chi connectivity index (χ4n) is 4.46. The van der Waals surface area contributed by atoms with Crippen LogP contribution in [0.25, 0.3) is 11.2 Å². The van der Waals surface area contributed by atoms with Crippen LogP contribution in [0.1, 0.15) is 54.7 Å². The molecule has 0 aliphatic carbocycles. The van der Waals surface area contributed by atoms with Gasteiger partial charge in [0, 0.05) is 0 Å². The van der Waals surface area contributed by atoms with Gasteiger partial charge in [0.05, 0.1) is 51.6 Å². The molecular weight excluding hydrogens is 645 g/mol. The topological polar surface area (TPSA) is 261 Å². The molecule has 7 N–H and O–H groups in total. The van der Waals surface area contributed by atoms with Crippen molar-refractivity contribution in [3.05, 3.63) is 16.7 Å². The third-order valence-corrected chi connectivity index (χ3v) is 8.68. The number of ether oxygens (including phenoxy) is 5. The van der Waals surface area contributed by atoms with Gasteiger partial charge in [0.1, 0.15) is 29.9 Å². The lowest BCUT2D eigenvalue weighted by Gasteiger charge is -2.31. The molecule has 0 spiro atoms. The number of nitrogens with two attached hydrogens (primary N) is 1. The van der Waals surface area contributed by atoms with Crippen molar-refractivity contribution in [1.82, 2.24) is 29.7 Å². The first-order valence-electron chi connectivity index (χ1n) is 14.6. The summed E-state index contributed by atoms with van der Waals surface area (Å²) in [5, 5.41) is 27.6. The third kappa shape index (κ3) is 9.77. The highest BCUT2D eigenvalue weighted by Crippen LogP contribution is 2.44. The average molecular weight is 692 g/mol. The molecule has 0 radical (unpaired) electrons. The van der Waals surface area contributed by atoms with Crippen LogP contribution in [0.2, 0.25) is 0 Å². The Morgan fingerprint density at radius 3 is 2.09 bits per heavy atom. The summed E-state index contributed by atoms with van der Waals surface area (Å²) in [5.41, 5.74) is 1.51. The molecule has 1 saturated heterocycles. The van der Waals surface area contributed by atoms with Crippen LogP contribution < -0.4 is 21.5 Å². The Balaban J connectivity index is 1.94. The second-order valence-corrected chi connectivity index (χ2v) is 15.0. The first-order chi connectivity index (χ1) is 21.6. The van der Waals surface area contributed by atoms with E-state index in [4.69, 9.17) is 33.9 Å². The molecule has 2 aromatic heterocycles. The second-order valence-electron chi connectivity index (χ2n) is 13.1. The van der Waals surface area contributed by atoms with Crippen molar-refractivity contribution in [2.75, 3.05) is 39.8 Å². The Hall–Kier alpha value is -3.00. The number of rotatable bonds is 14. The number of nitrogen functional groups attached to an aromatic ring is 1. The summed E-state index contributed by atoms with van der Waals surface area (Å²) in [5.74, 6) is -1.92. The number of carbonyl (C=O) groups excluding carboxylic acids is 2. The van der Waals surface area contributed by atoms with Crippen molar-refractivity contribution in [1.29, 1.82) is 0 Å². The number of nitrogens with one attached hydrogen (secondary N) is 3. The molecular formula is C27H46N7O12P. The molecule has 0 aromatic carbocycles. The molecule has 0 saturated carbocycles. The predicted octanol–water partition coefficient (Wildman–Crippen LogP) is -0.272. The Morgan fingerprint density at radius 1 is 1.11 bits per heavy atom. The van der Waals surface area contributed by atoms with Gasteiger partial charge in [-0.2, -0.15) is 4.98 Å². The zero-order valence-corrected chi connectivity index (χ0v) is 28.8. The van der Waals surface area contributed by atoms with Gasteiger partial charge in [-0.25, -0.2) is 15.2 Å². The molecule has 3 rings (SSSR count). The number of aromatic nitrogens is 4. The summed E-state index contributed by atoms with van der Waals surface area (Å²) in [6, 6.07) is -2.73. The van der Waals surface area contributed by atoms with E-state index in [2.05, 4.69) is 25.1 Å². The van der Waals surface area contributed by atoms with Crippen LogP contribution in [-0.2, 0) is 42.4 Å². The van der Waals surface area contributed by atoms with Gasteiger partial charge in [-0.1, -0.05) is 0 Å². The SMILES string of the molecule is COC(=O)C(COC(C)(C)C)NP(=O)(NC(COC(C)(C)C)C(=O)OC)OC[C@H]1O[C@@H](n2cnc3c(=O)[nH]c(N)nc32)C(C)(O)[C@H]1O. The molecule has 1 aliphatic heterocycles. The zero-order chi connectivity index (χ0) is 35.5. The Morgan fingerprint density at radius 2 is 1.62 bits per heavy atom. The lowest BCUT2D eigenvalue weighted by Crippen LogP contribution is -2.49. The van der Waals surface area contributed by atoms with E-state index >= 15 is 0 Å². The van der Waals surface area contributed by atoms with Gasteiger partial charge < -0.3 is 44.2 Å². The largest absolute Gasteiger partial charge is 0.468 e. The number of aliphatic hydroxyl groups is 2. The quantitative estimate of drug-likeness (QED) is 0.110. The van der Waals surface area contributed by atoms with Crippen molar-refractivity contribution in [2.24, 2.45) is 0 Å². The van der Waals surface area contributed by atoms with Gasteiger partial charge in [-0.3, -0.25) is 28.5 Å². The van der Waals surface area contributed by atoms with Crippen LogP contribution in [-0.4, -0.2) is 117 Å². The maximum Gasteiger partial charge on any atom is 0.342 e. The van der Waals surface area contributed by atoms with Crippen molar-refractivity contribution < 1.29 is 52.6 Å². The minimum atomic E-state index is -4.51. The van der Waals surface area contributed by atoms with Crippen LogP contribution >= 0.6 is 7.67 Å². The Kier molecular flexibility index (Phi) is 12.0. The first kappa shape index (κ1) is 38.4. The molecule has 0 amide bonds. The van der Waals surface area contributed by atoms with Gasteiger partial charge in [0.15, 0.2) is 17.4 Å². The highest BCUT2D eigenvalue weighted by Gasteiger charge is 2.54. The summed E-state index contributed by atoms with van der Waals surface area (Å²) < 4.78 is 48.6. The predicted molar refractivity (Wildman–Crippen MR) is 166 cm³/mol. The number of imidazole rings is 1. The fourth-order valence-corrected chi connectivity index (χ4v) is 6.22. The number of methoxy groups -OCH3 is 2. The smallest absolute Gasteiger partial charge is 0.342 e. The number of aromatic amines is 1. The van der Waals surface area contributed by atoms with Gasteiger partial charge in [-0.15, -0.1) is 0 Å². The molecule has 1 fully saturated rings. The standard InChI is InChI=1S/C27H46N7O12P/c1-25(2,3)43-10-14(21(37)41-8)32-47(40,33-15(22(38)42-9)11-44-26(4,5)6)45-12-16-18(35)27(7,39)23(46-16)34-13-29-17-19(34)30-24(28)31-20(17)36/h13-16,18,23,35,39H,10-12H2,1-9H3,(H2,32,33,40)(H3,28,30,31,36)/t14?,15?,16-,18+,23-,27?,47?/m1/s1. The van der Waals surface area contributed by atoms with Crippen LogP contribution in [0.15, 0.2) is 11.1 Å². The lowest BCUT2D eigenvalue weighted by atomic mass is 9.96. The second kappa shape index (κ2) is 14.6. The third-order valence-electron chi connectivity index (χ3n) is 6.87. The summed E-state index contributed by atoms with van der Waals surface area (Å²) in [6.07, 6.45) is -3.19. The summed E-state index contributed by atoms with van der Waals surface area (Å²) in [4.78, 5) is 48.2. The van der Waals surface area contributed by atoms with Crippen molar-refractivity contribution >= 4 is 36.7 Å².